The van der Waals surface area contributed by atoms with Gasteiger partial charge in [-0.15, -0.1) is 0 Å². The van der Waals surface area contributed by atoms with Gasteiger partial charge in [0.05, 0.1) is 5.56 Å². The molecule has 3 aromatic carbocycles. The third-order valence-electron chi connectivity index (χ3n) is 4.98. The van der Waals surface area contributed by atoms with Crippen molar-refractivity contribution in [3.8, 4) is 11.5 Å². The van der Waals surface area contributed by atoms with E-state index in [0.29, 0.717) is 30.2 Å². The summed E-state index contributed by atoms with van der Waals surface area (Å²) in [6, 6.07) is 24.3. The van der Waals surface area contributed by atoms with Gasteiger partial charge in [0.1, 0.15) is 0 Å². The van der Waals surface area contributed by atoms with Gasteiger partial charge in [-0.3, -0.25) is 4.79 Å². The Morgan fingerprint density at radius 1 is 0.871 bits per heavy atom. The molecule has 0 unspecified atom stereocenters. The number of rotatable bonds is 7. The van der Waals surface area contributed by atoms with E-state index in [4.69, 9.17) is 14.2 Å². The van der Waals surface area contributed by atoms with Crippen LogP contribution >= 0.6 is 0 Å². The van der Waals surface area contributed by atoms with Gasteiger partial charge in [-0.1, -0.05) is 60.7 Å². The first-order chi connectivity index (χ1) is 15.1. The van der Waals surface area contributed by atoms with E-state index in [2.05, 4.69) is 0 Å². The highest BCUT2D eigenvalue weighted by Crippen LogP contribution is 2.32. The molecule has 0 bridgehead atoms. The molecule has 1 heterocycles. The van der Waals surface area contributed by atoms with E-state index in [1.807, 2.05) is 60.7 Å². The average molecular weight is 417 g/mol. The molecule has 1 amide bonds. The van der Waals surface area contributed by atoms with Crippen molar-refractivity contribution in [2.24, 2.45) is 0 Å². The minimum atomic E-state index is -0.939. The molecule has 0 aliphatic carbocycles. The maximum Gasteiger partial charge on any atom is 0.339 e. The van der Waals surface area contributed by atoms with E-state index in [9.17, 15) is 9.59 Å². The van der Waals surface area contributed by atoms with Gasteiger partial charge >= 0.3 is 5.97 Å². The van der Waals surface area contributed by atoms with Crippen LogP contribution in [0, 0.1) is 0 Å². The summed E-state index contributed by atoms with van der Waals surface area (Å²) in [5, 5.41) is 0. The first-order valence-electron chi connectivity index (χ1n) is 10.1. The molecule has 0 aromatic heterocycles. The van der Waals surface area contributed by atoms with Crippen LogP contribution in [0.2, 0.25) is 0 Å². The molecular formula is C25H23NO5. The van der Waals surface area contributed by atoms with Crippen LogP contribution in [0.5, 0.6) is 11.5 Å². The third kappa shape index (κ3) is 5.04. The summed E-state index contributed by atoms with van der Waals surface area (Å²) in [5.74, 6) is 0.223. The smallest absolute Gasteiger partial charge is 0.339 e. The number of benzene rings is 3. The SMILES string of the molecule is C[C@H](OC(=O)c1ccc2c(c1)OCO2)C(=O)N(Cc1ccccc1)Cc1ccccc1. The maximum atomic E-state index is 13.2. The number of amides is 1. The highest BCUT2D eigenvalue weighted by molar-refractivity contribution is 5.93. The van der Waals surface area contributed by atoms with Gasteiger partial charge in [0.15, 0.2) is 17.6 Å². The number of carbonyl (C=O) groups is 2. The summed E-state index contributed by atoms with van der Waals surface area (Å²) in [6.45, 7) is 2.55. The summed E-state index contributed by atoms with van der Waals surface area (Å²) in [7, 11) is 0. The van der Waals surface area contributed by atoms with E-state index in [1.54, 1.807) is 30.0 Å². The lowest BCUT2D eigenvalue weighted by Gasteiger charge is -2.26. The summed E-state index contributed by atoms with van der Waals surface area (Å²) >= 11 is 0. The largest absolute Gasteiger partial charge is 0.454 e. The topological polar surface area (TPSA) is 65.1 Å². The van der Waals surface area contributed by atoms with Gasteiger partial charge < -0.3 is 19.1 Å². The molecule has 158 valence electrons. The summed E-state index contributed by atoms with van der Waals surface area (Å²) in [6.07, 6.45) is -0.939. The normalized spacial score (nSPS) is 12.8. The van der Waals surface area contributed by atoms with Crippen molar-refractivity contribution in [3.05, 3.63) is 95.6 Å². The first kappa shape index (κ1) is 20.5. The Hall–Kier alpha value is -3.80. The highest BCUT2D eigenvalue weighted by Gasteiger charge is 2.26. The molecule has 0 saturated carbocycles. The van der Waals surface area contributed by atoms with Crippen LogP contribution in [-0.2, 0) is 22.6 Å². The lowest BCUT2D eigenvalue weighted by Crippen LogP contribution is -2.39. The fraction of sp³-hybridized carbons (Fsp3) is 0.200. The standard InChI is InChI=1S/C25H23NO5/c1-18(31-25(28)21-12-13-22-23(14-21)30-17-29-22)24(27)26(15-19-8-4-2-5-9-19)16-20-10-6-3-7-11-20/h2-14,18H,15-17H2,1H3/t18-/m0/s1. The average Bonchev–Trinajstić information content (AvgIpc) is 3.27. The number of hydrogen-bond acceptors (Lipinski definition) is 5. The Morgan fingerprint density at radius 2 is 1.45 bits per heavy atom. The Labute approximate surface area is 181 Å². The molecule has 0 N–H and O–H groups in total. The van der Waals surface area contributed by atoms with Crippen molar-refractivity contribution >= 4 is 11.9 Å². The monoisotopic (exact) mass is 417 g/mol. The lowest BCUT2D eigenvalue weighted by atomic mass is 10.1. The van der Waals surface area contributed by atoms with E-state index in [1.165, 1.54) is 0 Å². The molecule has 1 aliphatic rings. The summed E-state index contributed by atoms with van der Waals surface area (Å²) in [4.78, 5) is 27.5. The van der Waals surface area contributed by atoms with Crippen LogP contribution in [-0.4, -0.2) is 29.7 Å². The van der Waals surface area contributed by atoms with Gasteiger partial charge in [0.2, 0.25) is 6.79 Å². The van der Waals surface area contributed by atoms with Gasteiger partial charge in [0, 0.05) is 13.1 Å². The fourth-order valence-corrected chi connectivity index (χ4v) is 3.38. The van der Waals surface area contributed by atoms with Crippen molar-refractivity contribution in [3.63, 3.8) is 0 Å². The zero-order valence-electron chi connectivity index (χ0n) is 17.2. The van der Waals surface area contributed by atoms with Crippen LogP contribution in [0.3, 0.4) is 0 Å². The molecule has 3 aromatic rings. The molecule has 0 spiro atoms. The summed E-state index contributed by atoms with van der Waals surface area (Å²) < 4.78 is 16.1. The van der Waals surface area contributed by atoms with Crippen molar-refractivity contribution in [1.82, 2.24) is 4.90 Å². The minimum absolute atomic E-state index is 0.122. The van der Waals surface area contributed by atoms with Gasteiger partial charge in [-0.2, -0.15) is 0 Å². The van der Waals surface area contributed by atoms with Crippen LogP contribution in [0.1, 0.15) is 28.4 Å². The fourth-order valence-electron chi connectivity index (χ4n) is 3.38. The van der Waals surface area contributed by atoms with E-state index >= 15 is 0 Å². The molecule has 4 rings (SSSR count). The molecule has 1 atom stereocenters. The highest BCUT2D eigenvalue weighted by atomic mass is 16.7. The Morgan fingerprint density at radius 3 is 2.06 bits per heavy atom. The Kier molecular flexibility index (Phi) is 6.17. The molecule has 6 heteroatoms. The number of fused-ring (bicyclic) bond motifs is 1. The molecule has 0 saturated heterocycles. The second kappa shape index (κ2) is 9.34. The molecule has 0 fully saturated rings. The second-order valence-electron chi connectivity index (χ2n) is 7.28. The number of nitrogens with zero attached hydrogens (tertiary/aromatic N) is 1. The molecule has 0 radical (unpaired) electrons. The predicted octanol–water partition coefficient (Wildman–Crippen LogP) is 4.19. The van der Waals surface area contributed by atoms with E-state index in [0.717, 1.165) is 11.1 Å². The Bertz CT molecular complexity index is 1010. The van der Waals surface area contributed by atoms with Crippen LogP contribution in [0.25, 0.3) is 0 Å². The van der Waals surface area contributed by atoms with Crippen LogP contribution < -0.4 is 9.47 Å². The zero-order valence-corrected chi connectivity index (χ0v) is 17.2. The molecular weight excluding hydrogens is 394 g/mol. The van der Waals surface area contributed by atoms with Crippen molar-refractivity contribution < 1.29 is 23.8 Å². The summed E-state index contributed by atoms with van der Waals surface area (Å²) in [5.41, 5.74) is 2.31. The molecule has 31 heavy (non-hydrogen) atoms. The molecule has 1 aliphatic heterocycles. The number of esters is 1. The van der Waals surface area contributed by atoms with E-state index < -0.39 is 12.1 Å². The second-order valence-corrected chi connectivity index (χ2v) is 7.28. The van der Waals surface area contributed by atoms with Crippen molar-refractivity contribution in [2.45, 2.75) is 26.1 Å². The minimum Gasteiger partial charge on any atom is -0.454 e. The predicted molar refractivity (Wildman–Crippen MR) is 115 cm³/mol. The number of carbonyl (C=O) groups excluding carboxylic acids is 2. The quantitative estimate of drug-likeness (QED) is 0.540. The Balaban J connectivity index is 1.47. The van der Waals surface area contributed by atoms with Crippen LogP contribution in [0.15, 0.2) is 78.9 Å². The third-order valence-corrected chi connectivity index (χ3v) is 4.98. The van der Waals surface area contributed by atoms with E-state index in [-0.39, 0.29) is 12.7 Å². The number of ether oxygens (including phenoxy) is 3. The van der Waals surface area contributed by atoms with Gasteiger partial charge in [0.25, 0.3) is 5.91 Å². The number of hydrogen-bond donors (Lipinski definition) is 0. The first-order valence-corrected chi connectivity index (χ1v) is 10.1. The van der Waals surface area contributed by atoms with Crippen molar-refractivity contribution in [2.75, 3.05) is 6.79 Å². The lowest BCUT2D eigenvalue weighted by molar-refractivity contribution is -0.141. The van der Waals surface area contributed by atoms with Crippen LogP contribution in [0.4, 0.5) is 0 Å². The molecule has 6 nitrogen and oxygen atoms in total. The van der Waals surface area contributed by atoms with Gasteiger partial charge in [-0.05, 0) is 36.2 Å². The van der Waals surface area contributed by atoms with Gasteiger partial charge in [-0.25, -0.2) is 4.79 Å². The maximum absolute atomic E-state index is 13.2. The van der Waals surface area contributed by atoms with Crippen molar-refractivity contribution in [1.29, 1.82) is 0 Å². The zero-order chi connectivity index (χ0) is 21.6.